The molecule has 2 heterocycles. The fourth-order valence-electron chi connectivity index (χ4n) is 2.71. The lowest BCUT2D eigenvalue weighted by Gasteiger charge is -2.06. The van der Waals surface area contributed by atoms with Gasteiger partial charge in [-0.3, -0.25) is 4.79 Å². The minimum atomic E-state index is -0.308. The van der Waals surface area contributed by atoms with Crippen molar-refractivity contribution in [2.75, 3.05) is 13.2 Å². The number of carbonyl (C=O) groups is 1. The maximum Gasteiger partial charge on any atom is 0.219 e. The first kappa shape index (κ1) is 13.0. The van der Waals surface area contributed by atoms with Crippen molar-refractivity contribution >= 4 is 16.8 Å². The molecule has 1 aromatic carbocycles. The summed E-state index contributed by atoms with van der Waals surface area (Å²) in [5.41, 5.74) is 2.83. The van der Waals surface area contributed by atoms with Crippen LogP contribution in [-0.2, 0) is 17.6 Å². The number of carbonyl (C=O) groups excluding carboxylic acids is 1. The standard InChI is InChI=1S/C15H17FN2O2/c1-2-13(19)17-5-3-9-8-18-12-7-11(16)15-10(14(9)12)4-6-20-15/h7-8,18H,2-6H2,1H3,(H,17,19). The normalized spacial score (nSPS) is 13.3. The molecule has 1 aliphatic rings. The molecule has 1 aliphatic heterocycles. The van der Waals surface area contributed by atoms with Crippen molar-refractivity contribution < 1.29 is 13.9 Å². The summed E-state index contributed by atoms with van der Waals surface area (Å²) in [6.45, 7) is 2.95. The van der Waals surface area contributed by atoms with Gasteiger partial charge in [-0.05, 0) is 12.0 Å². The summed E-state index contributed by atoms with van der Waals surface area (Å²) in [7, 11) is 0. The van der Waals surface area contributed by atoms with Crippen molar-refractivity contribution in [2.24, 2.45) is 0 Å². The van der Waals surface area contributed by atoms with Gasteiger partial charge >= 0.3 is 0 Å². The lowest BCUT2D eigenvalue weighted by atomic mass is 10.0. The maximum atomic E-state index is 13.8. The minimum Gasteiger partial charge on any atom is -0.490 e. The lowest BCUT2D eigenvalue weighted by molar-refractivity contribution is -0.120. The van der Waals surface area contributed by atoms with Gasteiger partial charge in [0.25, 0.3) is 0 Å². The Hall–Kier alpha value is -2.04. The Balaban J connectivity index is 1.89. The monoisotopic (exact) mass is 276 g/mol. The Morgan fingerprint density at radius 1 is 1.55 bits per heavy atom. The summed E-state index contributed by atoms with van der Waals surface area (Å²) in [4.78, 5) is 14.3. The van der Waals surface area contributed by atoms with Crippen LogP contribution in [0.3, 0.4) is 0 Å². The number of H-pyrrole nitrogens is 1. The van der Waals surface area contributed by atoms with E-state index in [1.165, 1.54) is 6.07 Å². The number of benzene rings is 1. The molecule has 5 heteroatoms. The van der Waals surface area contributed by atoms with Crippen LogP contribution in [0.15, 0.2) is 12.3 Å². The van der Waals surface area contributed by atoms with Gasteiger partial charge in [0.1, 0.15) is 0 Å². The third-order valence-electron chi connectivity index (χ3n) is 3.69. The highest BCUT2D eigenvalue weighted by atomic mass is 19.1. The van der Waals surface area contributed by atoms with Gasteiger partial charge in [0.05, 0.1) is 6.61 Å². The zero-order valence-electron chi connectivity index (χ0n) is 11.4. The first-order chi connectivity index (χ1) is 9.70. The average Bonchev–Trinajstić information content (AvgIpc) is 3.05. The third-order valence-corrected chi connectivity index (χ3v) is 3.69. The molecule has 106 valence electrons. The van der Waals surface area contributed by atoms with Gasteiger partial charge in [-0.1, -0.05) is 6.92 Å². The van der Waals surface area contributed by atoms with Gasteiger partial charge in [0.15, 0.2) is 11.6 Å². The molecule has 0 spiro atoms. The fourth-order valence-corrected chi connectivity index (χ4v) is 2.71. The molecular formula is C15H17FN2O2. The predicted octanol–water partition coefficient (Wildman–Crippen LogP) is 2.31. The number of hydrogen-bond acceptors (Lipinski definition) is 2. The molecule has 3 rings (SSSR count). The molecule has 2 N–H and O–H groups in total. The number of rotatable bonds is 4. The van der Waals surface area contributed by atoms with E-state index in [1.807, 2.05) is 13.1 Å². The first-order valence-corrected chi connectivity index (χ1v) is 6.91. The van der Waals surface area contributed by atoms with Crippen LogP contribution in [0.5, 0.6) is 5.75 Å². The van der Waals surface area contributed by atoms with Crippen LogP contribution in [0.4, 0.5) is 4.39 Å². The molecule has 1 aromatic heterocycles. The Morgan fingerprint density at radius 3 is 3.20 bits per heavy atom. The molecule has 2 aromatic rings. The van der Waals surface area contributed by atoms with Crippen molar-refractivity contribution in [1.29, 1.82) is 0 Å². The number of fused-ring (bicyclic) bond motifs is 3. The molecule has 0 unspecified atom stereocenters. The highest BCUT2D eigenvalue weighted by Crippen LogP contribution is 2.36. The van der Waals surface area contributed by atoms with E-state index < -0.39 is 0 Å². The average molecular weight is 276 g/mol. The summed E-state index contributed by atoms with van der Waals surface area (Å²) in [5, 5.41) is 3.90. The number of aromatic amines is 1. The fraction of sp³-hybridized carbons (Fsp3) is 0.400. The third kappa shape index (κ3) is 2.13. The van der Waals surface area contributed by atoms with Gasteiger partial charge in [0, 0.05) is 48.1 Å². The largest absolute Gasteiger partial charge is 0.490 e. The number of nitrogens with one attached hydrogen (secondary N) is 2. The Labute approximate surface area is 116 Å². The summed E-state index contributed by atoms with van der Waals surface area (Å²) < 4.78 is 19.2. The van der Waals surface area contributed by atoms with E-state index in [9.17, 15) is 9.18 Å². The molecule has 0 atom stereocenters. The summed E-state index contributed by atoms with van der Waals surface area (Å²) in [6.07, 6.45) is 3.84. The summed E-state index contributed by atoms with van der Waals surface area (Å²) >= 11 is 0. The van der Waals surface area contributed by atoms with Crippen molar-refractivity contribution in [3.8, 4) is 5.75 Å². The van der Waals surface area contributed by atoms with Gasteiger partial charge in [0.2, 0.25) is 5.91 Å². The van der Waals surface area contributed by atoms with E-state index in [0.717, 1.165) is 34.9 Å². The van der Waals surface area contributed by atoms with E-state index in [4.69, 9.17) is 4.74 Å². The zero-order chi connectivity index (χ0) is 14.1. The Morgan fingerprint density at radius 2 is 2.40 bits per heavy atom. The molecule has 20 heavy (non-hydrogen) atoms. The molecule has 1 amide bonds. The van der Waals surface area contributed by atoms with Crippen LogP contribution in [0.1, 0.15) is 24.5 Å². The number of halogens is 1. The quantitative estimate of drug-likeness (QED) is 0.900. The van der Waals surface area contributed by atoms with Crippen molar-refractivity contribution in [1.82, 2.24) is 10.3 Å². The predicted molar refractivity (Wildman–Crippen MR) is 74.5 cm³/mol. The molecule has 0 bridgehead atoms. The van der Waals surface area contributed by atoms with Crippen molar-refractivity contribution in [3.05, 3.63) is 29.2 Å². The van der Waals surface area contributed by atoms with E-state index >= 15 is 0 Å². The van der Waals surface area contributed by atoms with Crippen molar-refractivity contribution in [3.63, 3.8) is 0 Å². The van der Waals surface area contributed by atoms with E-state index in [0.29, 0.717) is 25.3 Å². The van der Waals surface area contributed by atoms with Crippen LogP contribution in [-0.4, -0.2) is 24.0 Å². The number of aromatic nitrogens is 1. The van der Waals surface area contributed by atoms with Crippen LogP contribution in [0, 0.1) is 5.82 Å². The zero-order valence-corrected chi connectivity index (χ0v) is 11.4. The highest BCUT2D eigenvalue weighted by molar-refractivity contribution is 5.89. The number of hydrogen-bond donors (Lipinski definition) is 2. The first-order valence-electron chi connectivity index (χ1n) is 6.91. The van der Waals surface area contributed by atoms with Crippen LogP contribution >= 0.6 is 0 Å². The molecule has 0 radical (unpaired) electrons. The maximum absolute atomic E-state index is 13.8. The second-order valence-electron chi connectivity index (χ2n) is 4.95. The molecule has 0 aliphatic carbocycles. The Kier molecular flexibility index (Phi) is 3.34. The SMILES string of the molecule is CCC(=O)NCCc1c[nH]c2cc(F)c3c(c12)CCO3. The van der Waals surface area contributed by atoms with Gasteiger partial charge in [-0.25, -0.2) is 4.39 Å². The number of amides is 1. The summed E-state index contributed by atoms with van der Waals surface area (Å²) in [6, 6.07) is 1.48. The molecular weight excluding hydrogens is 259 g/mol. The number of ether oxygens (including phenoxy) is 1. The Bertz CT molecular complexity index is 663. The topological polar surface area (TPSA) is 54.1 Å². The molecule has 4 nitrogen and oxygen atoms in total. The molecule has 0 saturated heterocycles. The van der Waals surface area contributed by atoms with Crippen molar-refractivity contribution in [2.45, 2.75) is 26.2 Å². The van der Waals surface area contributed by atoms with Gasteiger partial charge in [-0.15, -0.1) is 0 Å². The van der Waals surface area contributed by atoms with Crippen LogP contribution in [0.2, 0.25) is 0 Å². The van der Waals surface area contributed by atoms with E-state index in [-0.39, 0.29) is 11.7 Å². The minimum absolute atomic E-state index is 0.0458. The molecule has 0 saturated carbocycles. The lowest BCUT2D eigenvalue weighted by Crippen LogP contribution is -2.24. The second-order valence-corrected chi connectivity index (χ2v) is 4.95. The summed E-state index contributed by atoms with van der Waals surface area (Å²) in [5.74, 6) is 0.123. The van der Waals surface area contributed by atoms with E-state index in [1.54, 1.807) is 0 Å². The van der Waals surface area contributed by atoms with E-state index in [2.05, 4.69) is 10.3 Å². The van der Waals surface area contributed by atoms with Crippen LogP contribution in [0.25, 0.3) is 10.9 Å². The van der Waals surface area contributed by atoms with Crippen LogP contribution < -0.4 is 10.1 Å². The highest BCUT2D eigenvalue weighted by Gasteiger charge is 2.22. The van der Waals surface area contributed by atoms with Gasteiger partial charge in [-0.2, -0.15) is 0 Å². The smallest absolute Gasteiger partial charge is 0.219 e. The molecule has 0 fully saturated rings. The second kappa shape index (κ2) is 5.15. The van der Waals surface area contributed by atoms with Gasteiger partial charge < -0.3 is 15.0 Å².